The normalized spacial score (nSPS) is 25.1. The van der Waals surface area contributed by atoms with Crippen LogP contribution in [0.5, 0.6) is 0 Å². The van der Waals surface area contributed by atoms with Gasteiger partial charge in [0.25, 0.3) is 5.92 Å². The van der Waals surface area contributed by atoms with E-state index in [4.69, 9.17) is 10.5 Å². The van der Waals surface area contributed by atoms with Gasteiger partial charge >= 0.3 is 0 Å². The van der Waals surface area contributed by atoms with Gasteiger partial charge in [0, 0.05) is 11.6 Å². The van der Waals surface area contributed by atoms with E-state index in [9.17, 15) is 8.78 Å². The average molecular weight is 255 g/mol. The molecule has 0 unspecified atom stereocenters. The van der Waals surface area contributed by atoms with Crippen molar-refractivity contribution in [3.05, 3.63) is 35.9 Å². The fourth-order valence-electron chi connectivity index (χ4n) is 2.24. The van der Waals surface area contributed by atoms with Crippen molar-refractivity contribution >= 4 is 0 Å². The van der Waals surface area contributed by atoms with Crippen LogP contribution in [0.3, 0.4) is 0 Å². The zero-order chi connectivity index (χ0) is 13.0. The van der Waals surface area contributed by atoms with Crippen LogP contribution in [0.2, 0.25) is 0 Å². The van der Waals surface area contributed by atoms with E-state index in [1.54, 1.807) is 18.2 Å². The third-order valence-corrected chi connectivity index (χ3v) is 3.42. The van der Waals surface area contributed by atoms with Crippen molar-refractivity contribution in [2.24, 2.45) is 5.73 Å². The first kappa shape index (κ1) is 13.4. The highest BCUT2D eigenvalue weighted by molar-refractivity contribution is 5.19. The van der Waals surface area contributed by atoms with Crippen molar-refractivity contribution in [1.29, 1.82) is 0 Å². The van der Waals surface area contributed by atoms with E-state index < -0.39 is 12.5 Å². The summed E-state index contributed by atoms with van der Waals surface area (Å²) in [5, 5.41) is 0. The topological polar surface area (TPSA) is 35.2 Å². The first-order valence-electron chi connectivity index (χ1n) is 6.38. The van der Waals surface area contributed by atoms with Crippen molar-refractivity contribution in [3.8, 4) is 0 Å². The second kappa shape index (κ2) is 5.76. The fourth-order valence-corrected chi connectivity index (χ4v) is 2.24. The van der Waals surface area contributed by atoms with Crippen LogP contribution in [0.15, 0.2) is 30.3 Å². The second-order valence-electron chi connectivity index (χ2n) is 4.92. The Balaban J connectivity index is 1.86. The quantitative estimate of drug-likeness (QED) is 0.897. The van der Waals surface area contributed by atoms with E-state index >= 15 is 0 Å². The van der Waals surface area contributed by atoms with Crippen molar-refractivity contribution in [2.75, 3.05) is 6.61 Å². The summed E-state index contributed by atoms with van der Waals surface area (Å²) in [6.07, 6.45) is 3.22. The van der Waals surface area contributed by atoms with Gasteiger partial charge in [-0.05, 0) is 25.7 Å². The molecular weight excluding hydrogens is 236 g/mol. The van der Waals surface area contributed by atoms with E-state index in [1.165, 1.54) is 12.1 Å². The summed E-state index contributed by atoms with van der Waals surface area (Å²) in [4.78, 5) is 0. The Morgan fingerprint density at radius 1 is 1.11 bits per heavy atom. The van der Waals surface area contributed by atoms with Crippen molar-refractivity contribution in [2.45, 2.75) is 43.8 Å². The predicted octanol–water partition coefficient (Wildman–Crippen LogP) is 3.06. The summed E-state index contributed by atoms with van der Waals surface area (Å²) >= 11 is 0. The van der Waals surface area contributed by atoms with Gasteiger partial charge in [-0.25, -0.2) is 0 Å². The summed E-state index contributed by atoms with van der Waals surface area (Å²) in [5.74, 6) is -2.92. The minimum atomic E-state index is -2.92. The Kier molecular flexibility index (Phi) is 4.30. The van der Waals surface area contributed by atoms with Gasteiger partial charge in [-0.2, -0.15) is 8.78 Å². The van der Waals surface area contributed by atoms with E-state index in [1.807, 2.05) is 0 Å². The Morgan fingerprint density at radius 3 is 2.33 bits per heavy atom. The molecular formula is C14H19F2NO. The predicted molar refractivity (Wildman–Crippen MR) is 66.5 cm³/mol. The maximum atomic E-state index is 13.8. The molecule has 2 rings (SSSR count). The molecule has 1 aromatic rings. The van der Waals surface area contributed by atoms with Crippen LogP contribution >= 0.6 is 0 Å². The van der Waals surface area contributed by atoms with E-state index in [0.717, 1.165) is 25.7 Å². The molecule has 4 heteroatoms. The number of benzene rings is 1. The van der Waals surface area contributed by atoms with Gasteiger partial charge in [0.2, 0.25) is 0 Å². The standard InChI is InChI=1S/C14H19F2NO/c15-14(16,11-4-2-1-3-5-11)10-18-13-8-6-12(17)7-9-13/h1-5,12-13H,6-10,17H2. The minimum absolute atomic E-state index is 0.0116. The zero-order valence-electron chi connectivity index (χ0n) is 10.3. The average Bonchev–Trinajstić information content (AvgIpc) is 2.39. The summed E-state index contributed by atoms with van der Waals surface area (Å²) < 4.78 is 33.0. The van der Waals surface area contributed by atoms with Gasteiger partial charge in [-0.15, -0.1) is 0 Å². The highest BCUT2D eigenvalue weighted by Crippen LogP contribution is 2.30. The van der Waals surface area contributed by atoms with Crippen LogP contribution in [0.1, 0.15) is 31.2 Å². The lowest BCUT2D eigenvalue weighted by Crippen LogP contribution is -2.32. The van der Waals surface area contributed by atoms with E-state index in [2.05, 4.69) is 0 Å². The number of halogens is 2. The smallest absolute Gasteiger partial charge is 0.296 e. The molecule has 0 bridgehead atoms. The Hall–Kier alpha value is -1.00. The van der Waals surface area contributed by atoms with Gasteiger partial charge in [0.1, 0.15) is 6.61 Å². The van der Waals surface area contributed by atoms with Crippen molar-refractivity contribution in [3.63, 3.8) is 0 Å². The molecule has 2 N–H and O–H groups in total. The molecule has 1 aliphatic carbocycles. The molecule has 18 heavy (non-hydrogen) atoms. The summed E-state index contributed by atoms with van der Waals surface area (Å²) in [6.45, 7) is -0.545. The van der Waals surface area contributed by atoms with Crippen LogP contribution < -0.4 is 5.73 Å². The second-order valence-corrected chi connectivity index (χ2v) is 4.92. The maximum Gasteiger partial charge on any atom is 0.296 e. The monoisotopic (exact) mass is 255 g/mol. The van der Waals surface area contributed by atoms with E-state index in [-0.39, 0.29) is 17.7 Å². The number of hydrogen-bond acceptors (Lipinski definition) is 2. The molecule has 0 spiro atoms. The molecule has 1 saturated carbocycles. The number of nitrogens with two attached hydrogens (primary N) is 1. The molecule has 0 saturated heterocycles. The largest absolute Gasteiger partial charge is 0.372 e. The molecule has 2 nitrogen and oxygen atoms in total. The summed E-state index contributed by atoms with van der Waals surface area (Å²) in [6, 6.07) is 8.02. The summed E-state index contributed by atoms with van der Waals surface area (Å²) in [5.41, 5.74) is 5.78. The molecule has 0 radical (unpaired) electrons. The first-order chi connectivity index (χ1) is 8.58. The Labute approximate surface area is 106 Å². The molecule has 0 atom stereocenters. The lowest BCUT2D eigenvalue weighted by atomic mass is 9.94. The van der Waals surface area contributed by atoms with Crippen molar-refractivity contribution in [1.82, 2.24) is 0 Å². The van der Waals surface area contributed by atoms with Gasteiger partial charge < -0.3 is 10.5 Å². The molecule has 1 fully saturated rings. The zero-order valence-corrected chi connectivity index (χ0v) is 10.3. The van der Waals surface area contributed by atoms with E-state index in [0.29, 0.717) is 0 Å². The number of alkyl halides is 2. The molecule has 100 valence electrons. The number of ether oxygens (including phenoxy) is 1. The molecule has 0 aliphatic heterocycles. The van der Waals surface area contributed by atoms with Gasteiger partial charge in [-0.1, -0.05) is 30.3 Å². The molecule has 1 aromatic carbocycles. The molecule has 0 aromatic heterocycles. The first-order valence-corrected chi connectivity index (χ1v) is 6.38. The third-order valence-electron chi connectivity index (χ3n) is 3.42. The maximum absolute atomic E-state index is 13.8. The molecule has 0 heterocycles. The number of rotatable bonds is 4. The Morgan fingerprint density at radius 2 is 1.72 bits per heavy atom. The van der Waals surface area contributed by atoms with Crippen LogP contribution in [0.4, 0.5) is 8.78 Å². The van der Waals surface area contributed by atoms with Gasteiger partial charge in [-0.3, -0.25) is 0 Å². The highest BCUT2D eigenvalue weighted by Gasteiger charge is 2.33. The van der Waals surface area contributed by atoms with Crippen LogP contribution in [0, 0.1) is 0 Å². The third kappa shape index (κ3) is 3.50. The lowest BCUT2D eigenvalue weighted by molar-refractivity contribution is -0.111. The van der Waals surface area contributed by atoms with Gasteiger partial charge in [0.15, 0.2) is 0 Å². The molecule has 0 amide bonds. The van der Waals surface area contributed by atoms with Crippen molar-refractivity contribution < 1.29 is 13.5 Å². The molecule has 1 aliphatic rings. The Bertz CT molecular complexity index is 361. The SMILES string of the molecule is NC1CCC(OCC(F)(F)c2ccccc2)CC1. The lowest BCUT2D eigenvalue weighted by Gasteiger charge is -2.28. The number of hydrogen-bond donors (Lipinski definition) is 1. The van der Waals surface area contributed by atoms with Crippen LogP contribution in [-0.4, -0.2) is 18.8 Å². The van der Waals surface area contributed by atoms with Gasteiger partial charge in [0.05, 0.1) is 6.10 Å². The highest BCUT2D eigenvalue weighted by atomic mass is 19.3. The van der Waals surface area contributed by atoms with Crippen LogP contribution in [-0.2, 0) is 10.7 Å². The fraction of sp³-hybridized carbons (Fsp3) is 0.571. The minimum Gasteiger partial charge on any atom is -0.372 e. The summed E-state index contributed by atoms with van der Waals surface area (Å²) in [7, 11) is 0. The van der Waals surface area contributed by atoms with Crippen LogP contribution in [0.25, 0.3) is 0 Å².